The lowest BCUT2D eigenvalue weighted by Gasteiger charge is -2.32. The average Bonchev–Trinajstić information content (AvgIpc) is 3.00. The molecule has 0 radical (unpaired) electrons. The van der Waals surface area contributed by atoms with Crippen LogP contribution in [0.1, 0.15) is 28.9 Å². The molecular formula is C17H18ClN3O2S. The SMILES string of the molecule is Cc1csc(NC(=O)[C@H]2CCCN(C(=O)c3ccc(Cl)cc3)C2)n1. The predicted octanol–water partition coefficient (Wildman–Crippen LogP) is 3.60. The summed E-state index contributed by atoms with van der Waals surface area (Å²) in [5, 5.41) is 5.96. The molecule has 24 heavy (non-hydrogen) atoms. The molecule has 1 fully saturated rings. The monoisotopic (exact) mass is 363 g/mol. The van der Waals surface area contributed by atoms with Crippen LogP contribution in [0.15, 0.2) is 29.6 Å². The Morgan fingerprint density at radius 2 is 2.08 bits per heavy atom. The number of hydrogen-bond acceptors (Lipinski definition) is 4. The maximum atomic E-state index is 12.6. The number of likely N-dealkylation sites (tertiary alicyclic amines) is 1. The summed E-state index contributed by atoms with van der Waals surface area (Å²) in [5.74, 6) is -0.341. The van der Waals surface area contributed by atoms with Crippen LogP contribution in [0.4, 0.5) is 5.13 Å². The topological polar surface area (TPSA) is 62.3 Å². The summed E-state index contributed by atoms with van der Waals surface area (Å²) in [6, 6.07) is 6.83. The lowest BCUT2D eigenvalue weighted by Crippen LogP contribution is -2.43. The van der Waals surface area contributed by atoms with Crippen molar-refractivity contribution in [3.63, 3.8) is 0 Å². The van der Waals surface area contributed by atoms with Gasteiger partial charge in [0, 0.05) is 29.1 Å². The van der Waals surface area contributed by atoms with Gasteiger partial charge in [0.2, 0.25) is 5.91 Å². The normalized spacial score (nSPS) is 17.6. The summed E-state index contributed by atoms with van der Waals surface area (Å²) >= 11 is 7.27. The third kappa shape index (κ3) is 3.94. The molecule has 1 N–H and O–H groups in total. The van der Waals surface area contributed by atoms with Crippen LogP contribution < -0.4 is 5.32 Å². The van der Waals surface area contributed by atoms with E-state index in [1.165, 1.54) is 11.3 Å². The zero-order valence-electron chi connectivity index (χ0n) is 13.3. The van der Waals surface area contributed by atoms with Crippen LogP contribution >= 0.6 is 22.9 Å². The first-order chi connectivity index (χ1) is 11.5. The quantitative estimate of drug-likeness (QED) is 0.906. The Kier molecular flexibility index (Phi) is 5.16. The average molecular weight is 364 g/mol. The predicted molar refractivity (Wildman–Crippen MR) is 95.6 cm³/mol. The van der Waals surface area contributed by atoms with Gasteiger partial charge in [-0.3, -0.25) is 9.59 Å². The Morgan fingerprint density at radius 1 is 1.33 bits per heavy atom. The molecule has 2 aromatic rings. The highest BCUT2D eigenvalue weighted by Gasteiger charge is 2.29. The van der Waals surface area contributed by atoms with Crippen LogP contribution in [0.3, 0.4) is 0 Å². The summed E-state index contributed by atoms with van der Waals surface area (Å²) in [5.41, 5.74) is 1.48. The number of rotatable bonds is 3. The minimum absolute atomic E-state index is 0.0609. The Labute approximate surface area is 149 Å². The van der Waals surface area contributed by atoms with E-state index in [0.717, 1.165) is 18.5 Å². The fourth-order valence-corrected chi connectivity index (χ4v) is 3.59. The number of thiazole rings is 1. The van der Waals surface area contributed by atoms with E-state index in [4.69, 9.17) is 11.6 Å². The van der Waals surface area contributed by atoms with Crippen LogP contribution in [0, 0.1) is 12.8 Å². The van der Waals surface area contributed by atoms with Crippen molar-refractivity contribution in [2.45, 2.75) is 19.8 Å². The fourth-order valence-electron chi connectivity index (χ4n) is 2.77. The maximum absolute atomic E-state index is 12.6. The minimum Gasteiger partial charge on any atom is -0.338 e. The molecule has 2 heterocycles. The van der Waals surface area contributed by atoms with Crippen molar-refractivity contribution in [3.8, 4) is 0 Å². The van der Waals surface area contributed by atoms with E-state index in [-0.39, 0.29) is 17.7 Å². The molecule has 126 valence electrons. The van der Waals surface area contributed by atoms with Gasteiger partial charge < -0.3 is 10.2 Å². The van der Waals surface area contributed by atoms with Crippen molar-refractivity contribution in [1.82, 2.24) is 9.88 Å². The lowest BCUT2D eigenvalue weighted by molar-refractivity contribution is -0.121. The molecule has 0 saturated carbocycles. The van der Waals surface area contributed by atoms with Gasteiger partial charge in [-0.15, -0.1) is 11.3 Å². The molecule has 0 bridgehead atoms. The van der Waals surface area contributed by atoms with Crippen molar-refractivity contribution < 1.29 is 9.59 Å². The molecule has 1 atom stereocenters. The fraction of sp³-hybridized carbons (Fsp3) is 0.353. The molecule has 1 aromatic heterocycles. The Balaban J connectivity index is 1.64. The molecule has 5 nitrogen and oxygen atoms in total. The third-order valence-corrected chi connectivity index (χ3v) is 5.15. The third-order valence-electron chi connectivity index (χ3n) is 4.02. The largest absolute Gasteiger partial charge is 0.338 e. The van der Waals surface area contributed by atoms with E-state index >= 15 is 0 Å². The summed E-state index contributed by atoms with van der Waals surface area (Å²) in [4.78, 5) is 31.0. The van der Waals surface area contributed by atoms with Crippen LogP contribution in [-0.2, 0) is 4.79 Å². The molecule has 0 aliphatic carbocycles. The van der Waals surface area contributed by atoms with Gasteiger partial charge in [-0.2, -0.15) is 0 Å². The molecule has 1 saturated heterocycles. The van der Waals surface area contributed by atoms with E-state index < -0.39 is 0 Å². The van der Waals surface area contributed by atoms with Crippen molar-refractivity contribution in [3.05, 3.63) is 45.9 Å². The first-order valence-corrected chi connectivity index (χ1v) is 9.06. The molecule has 1 aliphatic rings. The molecule has 7 heteroatoms. The molecular weight excluding hydrogens is 346 g/mol. The van der Waals surface area contributed by atoms with Crippen molar-refractivity contribution >= 4 is 39.9 Å². The Morgan fingerprint density at radius 3 is 2.75 bits per heavy atom. The number of piperidine rings is 1. The number of amides is 2. The summed E-state index contributed by atoms with van der Waals surface area (Å²) in [6.45, 7) is 2.98. The first-order valence-electron chi connectivity index (χ1n) is 7.81. The van der Waals surface area contributed by atoms with Gasteiger partial charge in [-0.05, 0) is 44.0 Å². The van der Waals surface area contributed by atoms with Gasteiger partial charge in [0.15, 0.2) is 5.13 Å². The van der Waals surface area contributed by atoms with E-state index in [0.29, 0.717) is 28.8 Å². The standard InChI is InChI=1S/C17H18ClN3O2S/c1-11-10-24-17(19-11)20-15(22)13-3-2-8-21(9-13)16(23)12-4-6-14(18)7-5-12/h4-7,10,13H,2-3,8-9H2,1H3,(H,19,20,22)/t13-/m0/s1. The molecule has 3 rings (SSSR count). The number of aryl methyl sites for hydroxylation is 1. The van der Waals surface area contributed by atoms with Gasteiger partial charge >= 0.3 is 0 Å². The zero-order chi connectivity index (χ0) is 17.1. The lowest BCUT2D eigenvalue weighted by atomic mass is 9.96. The number of halogens is 1. The highest BCUT2D eigenvalue weighted by atomic mass is 35.5. The summed E-state index contributed by atoms with van der Waals surface area (Å²) < 4.78 is 0. The highest BCUT2D eigenvalue weighted by molar-refractivity contribution is 7.13. The van der Waals surface area contributed by atoms with Gasteiger partial charge in [0.25, 0.3) is 5.91 Å². The molecule has 1 aliphatic heterocycles. The van der Waals surface area contributed by atoms with E-state index in [9.17, 15) is 9.59 Å². The van der Waals surface area contributed by atoms with Crippen molar-refractivity contribution in [1.29, 1.82) is 0 Å². The second-order valence-corrected chi connectivity index (χ2v) is 7.18. The van der Waals surface area contributed by atoms with Crippen molar-refractivity contribution in [2.24, 2.45) is 5.92 Å². The first kappa shape index (κ1) is 16.9. The van der Waals surface area contributed by atoms with Gasteiger partial charge in [-0.25, -0.2) is 4.98 Å². The van der Waals surface area contributed by atoms with Gasteiger partial charge in [0.1, 0.15) is 0 Å². The van der Waals surface area contributed by atoms with Gasteiger partial charge in [0.05, 0.1) is 11.6 Å². The molecule has 1 aromatic carbocycles. The van der Waals surface area contributed by atoms with E-state index in [2.05, 4.69) is 10.3 Å². The smallest absolute Gasteiger partial charge is 0.253 e. The summed E-state index contributed by atoms with van der Waals surface area (Å²) in [6.07, 6.45) is 1.59. The Hall–Kier alpha value is -1.92. The van der Waals surface area contributed by atoms with E-state index in [1.807, 2.05) is 12.3 Å². The highest BCUT2D eigenvalue weighted by Crippen LogP contribution is 2.22. The Bertz CT molecular complexity index is 745. The molecule has 0 unspecified atom stereocenters. The number of hydrogen-bond donors (Lipinski definition) is 1. The van der Waals surface area contributed by atoms with Gasteiger partial charge in [-0.1, -0.05) is 11.6 Å². The number of carbonyl (C=O) groups excluding carboxylic acids is 2. The number of nitrogens with zero attached hydrogens (tertiary/aromatic N) is 2. The van der Waals surface area contributed by atoms with Crippen LogP contribution in [0.5, 0.6) is 0 Å². The molecule has 0 spiro atoms. The summed E-state index contributed by atoms with van der Waals surface area (Å²) in [7, 11) is 0. The number of carbonyl (C=O) groups is 2. The maximum Gasteiger partial charge on any atom is 0.253 e. The van der Waals surface area contributed by atoms with Crippen LogP contribution in [0.25, 0.3) is 0 Å². The van der Waals surface area contributed by atoms with Crippen molar-refractivity contribution in [2.75, 3.05) is 18.4 Å². The second kappa shape index (κ2) is 7.32. The van der Waals surface area contributed by atoms with Crippen LogP contribution in [-0.4, -0.2) is 34.8 Å². The zero-order valence-corrected chi connectivity index (χ0v) is 14.9. The van der Waals surface area contributed by atoms with E-state index in [1.54, 1.807) is 29.2 Å². The molecule has 2 amide bonds. The number of anilines is 1. The minimum atomic E-state index is -0.209. The number of nitrogens with one attached hydrogen (secondary N) is 1. The number of aromatic nitrogens is 1. The van der Waals surface area contributed by atoms with Crippen LogP contribution in [0.2, 0.25) is 5.02 Å². The second-order valence-electron chi connectivity index (χ2n) is 5.88. The number of benzene rings is 1.